The second-order valence-electron chi connectivity index (χ2n) is 4.49. The lowest BCUT2D eigenvalue weighted by atomic mass is 9.93. The molecular weight excluding hydrogens is 239 g/mol. The van der Waals surface area contributed by atoms with Crippen molar-refractivity contribution in [1.29, 1.82) is 5.26 Å². The predicted octanol–water partition coefficient (Wildman–Crippen LogP) is 2.46. The number of nitriles is 1. The van der Waals surface area contributed by atoms with E-state index in [1.807, 2.05) is 0 Å². The van der Waals surface area contributed by atoms with Crippen LogP contribution in [0.2, 0.25) is 0 Å². The van der Waals surface area contributed by atoms with Gasteiger partial charge in [-0.2, -0.15) is 5.26 Å². The minimum atomic E-state index is -1.43. The largest absolute Gasteiger partial charge is 0.399 e. The summed E-state index contributed by atoms with van der Waals surface area (Å²) >= 11 is 0. The Morgan fingerprint density at radius 3 is 2.71 bits per heavy atom. The summed E-state index contributed by atoms with van der Waals surface area (Å²) in [4.78, 5) is 0.146. The van der Waals surface area contributed by atoms with Crippen molar-refractivity contribution < 1.29 is 8.60 Å². The van der Waals surface area contributed by atoms with Crippen LogP contribution in [0.1, 0.15) is 20.3 Å². The average Bonchev–Trinajstić information content (AvgIpc) is 2.26. The minimum absolute atomic E-state index is 0.146. The number of nitrogens with zero attached hydrogens (tertiary/aromatic N) is 1. The Hall–Kier alpha value is -1.41. The van der Waals surface area contributed by atoms with Crippen molar-refractivity contribution in [3.05, 3.63) is 24.0 Å². The summed E-state index contributed by atoms with van der Waals surface area (Å²) in [5.74, 6) is -0.292. The lowest BCUT2D eigenvalue weighted by molar-refractivity contribution is 0.478. The van der Waals surface area contributed by atoms with Gasteiger partial charge in [0.1, 0.15) is 5.82 Å². The van der Waals surface area contributed by atoms with Crippen LogP contribution in [0.15, 0.2) is 23.1 Å². The zero-order chi connectivity index (χ0) is 13.1. The maximum Gasteiger partial charge on any atom is 0.141 e. The van der Waals surface area contributed by atoms with Crippen LogP contribution in [0.4, 0.5) is 10.1 Å². The summed E-state index contributed by atoms with van der Waals surface area (Å²) in [6, 6.07) is 6.23. The molecule has 0 aliphatic rings. The lowest BCUT2D eigenvalue weighted by Crippen LogP contribution is -2.13. The highest BCUT2D eigenvalue weighted by Crippen LogP contribution is 2.22. The number of anilines is 1. The molecule has 0 aliphatic carbocycles. The second kappa shape index (κ2) is 5.28. The number of hydrogen-bond donors (Lipinski definition) is 1. The predicted molar refractivity (Wildman–Crippen MR) is 66.1 cm³/mol. The number of rotatable bonds is 4. The van der Waals surface area contributed by atoms with E-state index in [1.54, 1.807) is 13.8 Å². The number of nitrogens with two attached hydrogens (primary N) is 1. The summed E-state index contributed by atoms with van der Waals surface area (Å²) in [7, 11) is -1.43. The Balaban J connectivity index is 2.75. The van der Waals surface area contributed by atoms with Crippen molar-refractivity contribution >= 4 is 16.5 Å². The van der Waals surface area contributed by atoms with Gasteiger partial charge in [0.05, 0.1) is 27.2 Å². The quantitative estimate of drug-likeness (QED) is 0.839. The van der Waals surface area contributed by atoms with E-state index in [0.29, 0.717) is 12.1 Å². The molecular formula is C12H15FN2OS. The van der Waals surface area contributed by atoms with E-state index in [4.69, 9.17) is 11.0 Å². The molecule has 1 unspecified atom stereocenters. The number of hydrogen-bond acceptors (Lipinski definition) is 3. The molecule has 0 bridgehead atoms. The van der Waals surface area contributed by atoms with Gasteiger partial charge in [-0.25, -0.2) is 4.39 Å². The molecule has 0 saturated heterocycles. The van der Waals surface area contributed by atoms with Crippen LogP contribution in [0.25, 0.3) is 0 Å². The van der Waals surface area contributed by atoms with E-state index in [-0.39, 0.29) is 10.6 Å². The molecule has 0 amide bonds. The van der Waals surface area contributed by atoms with Crippen molar-refractivity contribution in [1.82, 2.24) is 0 Å². The van der Waals surface area contributed by atoms with Gasteiger partial charge in [0, 0.05) is 11.4 Å². The first-order valence-corrected chi connectivity index (χ1v) is 6.52. The van der Waals surface area contributed by atoms with Crippen molar-refractivity contribution in [2.45, 2.75) is 25.2 Å². The number of nitrogen functional groups attached to an aromatic ring is 1. The Labute approximate surface area is 103 Å². The molecule has 1 atom stereocenters. The van der Waals surface area contributed by atoms with Gasteiger partial charge >= 0.3 is 0 Å². The average molecular weight is 254 g/mol. The molecule has 1 aromatic rings. The number of benzene rings is 1. The van der Waals surface area contributed by atoms with Crippen molar-refractivity contribution in [3.63, 3.8) is 0 Å². The first-order valence-electron chi connectivity index (χ1n) is 5.20. The zero-order valence-corrected chi connectivity index (χ0v) is 10.7. The number of halogens is 1. The zero-order valence-electron chi connectivity index (χ0n) is 9.87. The second-order valence-corrected chi connectivity index (χ2v) is 6.02. The van der Waals surface area contributed by atoms with Crippen LogP contribution in [0.3, 0.4) is 0 Å². The molecule has 0 aromatic heterocycles. The van der Waals surface area contributed by atoms with Crippen molar-refractivity contribution in [3.8, 4) is 6.07 Å². The molecule has 0 spiro atoms. The molecule has 17 heavy (non-hydrogen) atoms. The van der Waals surface area contributed by atoms with Gasteiger partial charge in [-0.1, -0.05) is 0 Å². The van der Waals surface area contributed by atoms with Gasteiger partial charge in [-0.05, 0) is 38.5 Å². The summed E-state index contributed by atoms with van der Waals surface area (Å²) in [6.45, 7) is 3.53. The summed E-state index contributed by atoms with van der Waals surface area (Å²) in [5, 5.41) is 8.83. The molecule has 0 heterocycles. The van der Waals surface area contributed by atoms with Crippen LogP contribution in [0, 0.1) is 22.6 Å². The Morgan fingerprint density at radius 1 is 1.53 bits per heavy atom. The molecule has 0 aliphatic heterocycles. The Kier molecular flexibility index (Phi) is 4.24. The van der Waals surface area contributed by atoms with Gasteiger partial charge in [0.2, 0.25) is 0 Å². The van der Waals surface area contributed by atoms with Crippen LogP contribution < -0.4 is 5.73 Å². The summed E-state index contributed by atoms with van der Waals surface area (Å²) in [6.07, 6.45) is 0.458. The van der Waals surface area contributed by atoms with E-state index >= 15 is 0 Å². The van der Waals surface area contributed by atoms with Gasteiger partial charge in [-0.15, -0.1) is 0 Å². The van der Waals surface area contributed by atoms with E-state index in [1.165, 1.54) is 12.1 Å². The maximum absolute atomic E-state index is 13.5. The molecule has 0 saturated carbocycles. The maximum atomic E-state index is 13.5. The summed E-state index contributed by atoms with van der Waals surface area (Å²) < 4.78 is 25.3. The first-order chi connectivity index (χ1) is 7.85. The van der Waals surface area contributed by atoms with Gasteiger partial charge < -0.3 is 5.73 Å². The molecule has 5 heteroatoms. The van der Waals surface area contributed by atoms with Crippen LogP contribution in [-0.2, 0) is 10.8 Å². The van der Waals surface area contributed by atoms with Gasteiger partial charge in [0.25, 0.3) is 0 Å². The third-order valence-electron chi connectivity index (χ3n) is 2.42. The molecule has 92 valence electrons. The molecule has 1 rings (SSSR count). The first kappa shape index (κ1) is 13.7. The van der Waals surface area contributed by atoms with Crippen LogP contribution >= 0.6 is 0 Å². The summed E-state index contributed by atoms with van der Waals surface area (Å²) in [5.41, 5.74) is 5.17. The molecule has 3 nitrogen and oxygen atoms in total. The third kappa shape index (κ3) is 3.82. The Bertz CT molecular complexity index is 480. The minimum Gasteiger partial charge on any atom is -0.399 e. The topological polar surface area (TPSA) is 66.9 Å². The van der Waals surface area contributed by atoms with Crippen molar-refractivity contribution in [2.75, 3.05) is 11.5 Å². The fourth-order valence-electron chi connectivity index (χ4n) is 1.22. The van der Waals surface area contributed by atoms with Crippen molar-refractivity contribution in [2.24, 2.45) is 5.41 Å². The fourth-order valence-corrected chi connectivity index (χ4v) is 2.63. The SMILES string of the molecule is CC(C)(C#N)CCS(=O)c1ccc(N)cc1F. The highest BCUT2D eigenvalue weighted by Gasteiger charge is 2.19. The lowest BCUT2D eigenvalue weighted by Gasteiger charge is -2.14. The van der Waals surface area contributed by atoms with Crippen LogP contribution in [-0.4, -0.2) is 9.96 Å². The van der Waals surface area contributed by atoms with Gasteiger partial charge in [0.15, 0.2) is 0 Å². The van der Waals surface area contributed by atoms with E-state index in [2.05, 4.69) is 6.07 Å². The van der Waals surface area contributed by atoms with E-state index < -0.39 is 22.0 Å². The highest BCUT2D eigenvalue weighted by atomic mass is 32.2. The highest BCUT2D eigenvalue weighted by molar-refractivity contribution is 7.85. The third-order valence-corrected chi connectivity index (χ3v) is 3.81. The monoisotopic (exact) mass is 254 g/mol. The normalized spacial score (nSPS) is 13.1. The smallest absolute Gasteiger partial charge is 0.141 e. The molecule has 0 fully saturated rings. The molecule has 1 aromatic carbocycles. The fraction of sp³-hybridized carbons (Fsp3) is 0.417. The van der Waals surface area contributed by atoms with Gasteiger partial charge in [-0.3, -0.25) is 4.21 Å². The van der Waals surface area contributed by atoms with E-state index in [9.17, 15) is 8.60 Å². The standard InChI is InChI=1S/C12H15FN2OS/c1-12(2,8-14)5-6-17(16)11-4-3-9(15)7-10(11)13/h3-4,7H,5-6,15H2,1-2H3. The Morgan fingerprint density at radius 2 is 2.18 bits per heavy atom. The molecule has 0 radical (unpaired) electrons. The van der Waals surface area contributed by atoms with Crippen LogP contribution in [0.5, 0.6) is 0 Å². The molecule has 2 N–H and O–H groups in total. The van der Waals surface area contributed by atoms with E-state index in [0.717, 1.165) is 6.07 Å².